The quantitative estimate of drug-likeness (QED) is 0.0247. The lowest BCUT2D eigenvalue weighted by Gasteiger charge is -2.46. The lowest BCUT2D eigenvalue weighted by Crippen LogP contribution is -2.67. The summed E-state index contributed by atoms with van der Waals surface area (Å²) in [4.78, 5) is 68.9. The maximum absolute atomic E-state index is 13.7. The van der Waals surface area contributed by atoms with Crippen LogP contribution in [0.2, 0.25) is 0 Å². The summed E-state index contributed by atoms with van der Waals surface area (Å²) in [6.45, 7) is 8.27. The fourth-order valence-electron chi connectivity index (χ4n) is 8.95. The van der Waals surface area contributed by atoms with Gasteiger partial charge in [0.15, 0.2) is 12.6 Å². The van der Waals surface area contributed by atoms with Crippen LogP contribution in [0.3, 0.4) is 0 Å². The van der Waals surface area contributed by atoms with Gasteiger partial charge in [-0.25, -0.2) is 18.0 Å². The van der Waals surface area contributed by atoms with Crippen molar-refractivity contribution in [2.45, 2.75) is 268 Å². The van der Waals surface area contributed by atoms with Crippen LogP contribution in [0, 0.1) is 0 Å². The molecule has 2 heterocycles. The van der Waals surface area contributed by atoms with Gasteiger partial charge >= 0.3 is 31.1 Å². The molecule has 31 heteroatoms. The number of hydrogen-bond donors (Lipinski definition) is 12. The number of nitrogens with two attached hydrogens (primary N) is 1. The van der Waals surface area contributed by atoms with Gasteiger partial charge < -0.3 is 80.4 Å². The molecular formula is C49H99N3O24P4. The Kier molecular flexibility index (Phi) is 36.0. The van der Waals surface area contributed by atoms with Crippen LogP contribution < -0.4 is 16.4 Å². The van der Waals surface area contributed by atoms with E-state index in [0.717, 1.165) is 77.0 Å². The van der Waals surface area contributed by atoms with Crippen molar-refractivity contribution in [3.63, 3.8) is 0 Å². The van der Waals surface area contributed by atoms with E-state index in [4.69, 9.17) is 33.7 Å². The van der Waals surface area contributed by atoms with Crippen LogP contribution in [0.25, 0.3) is 0 Å². The number of ether oxygens (including phenoxy) is 4. The number of aliphatic hydroxyl groups excluding tert-OH is 5. The topological polar surface area (TPSA) is 418 Å². The summed E-state index contributed by atoms with van der Waals surface area (Å²) in [7, 11) is -21.5. The summed E-state index contributed by atoms with van der Waals surface area (Å²) in [5, 5.41) is 61.5. The normalized spacial score (nSPS) is 27.5. The van der Waals surface area contributed by atoms with Gasteiger partial charge in [-0.1, -0.05) is 136 Å². The molecule has 0 bridgehead atoms. The Morgan fingerprint density at radius 2 is 1.02 bits per heavy atom. The van der Waals surface area contributed by atoms with Crippen molar-refractivity contribution >= 4 is 42.9 Å². The van der Waals surface area contributed by atoms with Gasteiger partial charge in [-0.2, -0.15) is 4.31 Å². The van der Waals surface area contributed by atoms with Gasteiger partial charge in [-0.15, -0.1) is 0 Å². The summed E-state index contributed by atoms with van der Waals surface area (Å²) < 4.78 is 99.7. The van der Waals surface area contributed by atoms with Crippen LogP contribution in [-0.4, -0.2) is 169 Å². The van der Waals surface area contributed by atoms with Gasteiger partial charge in [0.25, 0.3) is 0 Å². The Balaban J connectivity index is 2.45. The highest BCUT2D eigenvalue weighted by Gasteiger charge is 2.54. The molecule has 8 unspecified atom stereocenters. The van der Waals surface area contributed by atoms with Gasteiger partial charge in [0.2, 0.25) is 11.8 Å². The van der Waals surface area contributed by atoms with Crippen molar-refractivity contribution < 1.29 is 114 Å². The van der Waals surface area contributed by atoms with Gasteiger partial charge in [0.05, 0.1) is 56.6 Å². The minimum absolute atomic E-state index is 0.0372. The zero-order chi connectivity index (χ0) is 60.2. The third-order valence-corrected chi connectivity index (χ3v) is 19.1. The maximum atomic E-state index is 13.7. The Bertz CT molecular complexity index is 1940. The molecule has 0 aliphatic carbocycles. The number of rotatable bonds is 44. The van der Waals surface area contributed by atoms with Crippen LogP contribution in [0.4, 0.5) is 0 Å². The van der Waals surface area contributed by atoms with Crippen molar-refractivity contribution in [1.29, 1.82) is 0 Å². The van der Waals surface area contributed by atoms with Crippen LogP contribution in [0.1, 0.15) is 189 Å². The average molecular weight is 1240 g/mol. The molecule has 0 spiro atoms. The Hall–Kier alpha value is -0.900. The first-order chi connectivity index (χ1) is 37.5. The highest BCUT2D eigenvalue weighted by atomic mass is 31.3. The van der Waals surface area contributed by atoms with Crippen molar-refractivity contribution in [2.24, 2.45) is 5.73 Å². The molecule has 2 saturated heterocycles. The third-order valence-electron chi connectivity index (χ3n) is 13.1. The summed E-state index contributed by atoms with van der Waals surface area (Å²) in [6, 6.07) is -3.75. The smallest absolute Gasteiger partial charge is 0.393 e. The lowest BCUT2D eigenvalue weighted by molar-refractivity contribution is -0.297. The van der Waals surface area contributed by atoms with Gasteiger partial charge in [-0.05, 0) is 40.0 Å². The molecule has 2 aliphatic rings. The number of carbonyl (C=O) groups excluding carboxylic acids is 2. The number of nitrogens with one attached hydrogen (secondary N) is 2. The van der Waals surface area contributed by atoms with E-state index >= 15 is 0 Å². The molecule has 2 rings (SSSR count). The molecule has 27 nitrogen and oxygen atoms in total. The van der Waals surface area contributed by atoms with Crippen molar-refractivity contribution in [3.8, 4) is 0 Å². The van der Waals surface area contributed by atoms with Crippen molar-refractivity contribution in [3.05, 3.63) is 0 Å². The first kappa shape index (κ1) is 75.2. The number of carbonyl (C=O) groups is 2. The van der Waals surface area contributed by atoms with E-state index in [1.165, 1.54) is 32.6 Å². The summed E-state index contributed by atoms with van der Waals surface area (Å²) in [5.41, 5.74) is 4.36. The second kappa shape index (κ2) is 38.3. The Morgan fingerprint density at radius 1 is 0.575 bits per heavy atom. The van der Waals surface area contributed by atoms with E-state index in [2.05, 4.69) is 37.6 Å². The largest absolute Gasteiger partial charge is 0.481 e. The number of unbranched alkanes of at least 4 members (excludes halogenated alkanes) is 16. The predicted octanol–water partition coefficient (Wildman–Crippen LogP) is 5.97. The predicted molar refractivity (Wildman–Crippen MR) is 293 cm³/mol. The number of aliphatic hydroxyl groups is 5. The standard InChI is InChI=1S/C49H99N3O24P4/c1-7-10-12-14-16-18-20-22-24-26-35(53)31-39(55)51-41-44(58)43(57)37(71-48(41)74-80(66,67)75-77(60,61)30-9-3)33-68-47-42(52-40(56)32-36(54)27-25-23-21-19-17-15-13-11-8-2)45(59)46(38(72-47)34-69-49(4,5)6)73-79(64,65)76-78(62,63)70-29-28-50/h35-38,41-48,53-54,57-59H,7-34,50H2,1-6H3,(H,51,55)(H,52,56)(H,60,61)(H,62,63)(H,64,65)(H,66,67)/t35-,36-,37?,38?,41?,42?,43-,44-,45-,46-,47-,48-/m1/s1. The fraction of sp³-hybridized carbons (Fsp3) is 0.959. The molecule has 0 aromatic heterocycles. The first-order valence-electron chi connectivity index (χ1n) is 28.5. The number of hydrogen-bond acceptors (Lipinski definition) is 21. The highest BCUT2D eigenvalue weighted by Crippen LogP contribution is 2.62. The third kappa shape index (κ3) is 31.5. The summed E-state index contributed by atoms with van der Waals surface area (Å²) in [6.07, 6.45) is -1.34. The van der Waals surface area contributed by atoms with Crippen molar-refractivity contribution in [1.82, 2.24) is 10.6 Å². The molecule has 0 saturated carbocycles. The molecule has 16 atom stereocenters. The Morgan fingerprint density at radius 3 is 1.49 bits per heavy atom. The number of phosphoric ester groups is 3. The second-order valence-electron chi connectivity index (χ2n) is 21.7. The molecule has 2 aliphatic heterocycles. The molecular weight excluding hydrogens is 1140 g/mol. The monoisotopic (exact) mass is 1240 g/mol. The van der Waals surface area contributed by atoms with E-state index in [1.807, 2.05) is 0 Å². The SMILES string of the molecule is CCCCCCCCCCC[C@@H](O)CC(=O)NC1[C@@H](OP(=O)(O)OP(=O)(O)CCC)OC(CO[C@@H]2OC(COC(C)(C)C)[C@@H](OP(=O)(O)OP(=O)(O)OCCN)[C@H](O)C2NC(=O)C[C@H](O)CCCCCCCCCCC)[C@@H](O)[C@@H]1O. The summed E-state index contributed by atoms with van der Waals surface area (Å²) >= 11 is 0. The van der Waals surface area contributed by atoms with E-state index in [0.29, 0.717) is 12.8 Å². The fourth-order valence-corrected chi connectivity index (χ4v) is 14.0. The minimum atomic E-state index is -5.72. The van der Waals surface area contributed by atoms with Crippen LogP contribution in [0.15, 0.2) is 0 Å². The van der Waals surface area contributed by atoms with E-state index < -0.39 is 161 Å². The number of phosphoric acid groups is 3. The molecule has 2 fully saturated rings. The van der Waals surface area contributed by atoms with E-state index in [-0.39, 0.29) is 25.8 Å². The van der Waals surface area contributed by atoms with Gasteiger partial charge in [-0.3, -0.25) is 27.7 Å². The lowest BCUT2D eigenvalue weighted by atomic mass is 9.95. The molecule has 0 radical (unpaired) electrons. The van der Waals surface area contributed by atoms with E-state index in [9.17, 15) is 73.0 Å². The average Bonchev–Trinajstić information content (AvgIpc) is 3.34. The van der Waals surface area contributed by atoms with Crippen LogP contribution >= 0.6 is 31.1 Å². The van der Waals surface area contributed by atoms with E-state index in [1.54, 1.807) is 20.8 Å². The van der Waals surface area contributed by atoms with Gasteiger partial charge in [0.1, 0.15) is 48.7 Å². The molecule has 13 N–H and O–H groups in total. The molecule has 474 valence electrons. The second-order valence-corrected chi connectivity index (χ2v) is 28.2. The summed E-state index contributed by atoms with van der Waals surface area (Å²) in [5.74, 6) is -1.80. The zero-order valence-corrected chi connectivity index (χ0v) is 51.3. The molecule has 0 aromatic carbocycles. The zero-order valence-electron chi connectivity index (χ0n) is 47.7. The minimum Gasteiger partial charge on any atom is -0.393 e. The Labute approximate surface area is 472 Å². The van der Waals surface area contributed by atoms with Crippen LogP contribution in [-0.2, 0) is 69.0 Å². The molecule has 0 aromatic rings. The highest BCUT2D eigenvalue weighted by molar-refractivity contribution is 7.64. The molecule has 2 amide bonds. The van der Waals surface area contributed by atoms with Gasteiger partial charge in [0, 0.05) is 6.54 Å². The maximum Gasteiger partial charge on any atom is 0.481 e. The number of amides is 2. The van der Waals surface area contributed by atoms with Crippen LogP contribution in [0.5, 0.6) is 0 Å². The first-order valence-corrected chi connectivity index (χ1v) is 34.7. The molecule has 80 heavy (non-hydrogen) atoms. The van der Waals surface area contributed by atoms with Crippen molar-refractivity contribution in [2.75, 3.05) is 32.5 Å².